The zero-order valence-corrected chi connectivity index (χ0v) is 13.3. The van der Waals surface area contributed by atoms with Crippen LogP contribution in [0.5, 0.6) is 0 Å². The van der Waals surface area contributed by atoms with Gasteiger partial charge in [0, 0.05) is 19.2 Å². The Morgan fingerprint density at radius 1 is 1.36 bits per heavy atom. The van der Waals surface area contributed by atoms with Gasteiger partial charge >= 0.3 is 5.97 Å². The molecule has 0 unspecified atom stereocenters. The van der Waals surface area contributed by atoms with Gasteiger partial charge in [0.15, 0.2) is 0 Å². The number of nitrogens with zero attached hydrogens (tertiary/aromatic N) is 2. The molecule has 0 aliphatic carbocycles. The van der Waals surface area contributed by atoms with E-state index in [2.05, 4.69) is 10.4 Å². The average molecular weight is 309 g/mol. The van der Waals surface area contributed by atoms with Crippen LogP contribution in [-0.4, -0.2) is 34.3 Å². The van der Waals surface area contributed by atoms with E-state index in [4.69, 9.17) is 4.74 Å². The zero-order chi connectivity index (χ0) is 16.5. The van der Waals surface area contributed by atoms with Gasteiger partial charge in [0.1, 0.15) is 5.69 Å². The second kappa shape index (κ2) is 8.96. The molecule has 0 radical (unpaired) electrons. The minimum absolute atomic E-state index is 0.0966. The Labute approximate surface area is 129 Å². The van der Waals surface area contributed by atoms with Crippen LogP contribution in [-0.2, 0) is 16.1 Å². The fraction of sp³-hybridized carbons (Fsp3) is 0.600. The van der Waals surface area contributed by atoms with E-state index in [1.165, 1.54) is 16.8 Å². The predicted octanol–water partition coefficient (Wildman–Crippen LogP) is 1.11. The van der Waals surface area contributed by atoms with Crippen molar-refractivity contribution < 1.29 is 14.3 Å². The third-order valence-electron chi connectivity index (χ3n) is 2.80. The first kappa shape index (κ1) is 17.9. The van der Waals surface area contributed by atoms with Crippen LogP contribution in [0.2, 0.25) is 0 Å². The van der Waals surface area contributed by atoms with Gasteiger partial charge in [0.2, 0.25) is 0 Å². The summed E-state index contributed by atoms with van der Waals surface area (Å²) < 4.78 is 6.25. The van der Waals surface area contributed by atoms with Crippen molar-refractivity contribution in [1.82, 2.24) is 15.1 Å². The van der Waals surface area contributed by atoms with Crippen LogP contribution < -0.4 is 10.9 Å². The van der Waals surface area contributed by atoms with Crippen LogP contribution >= 0.6 is 0 Å². The second-order valence-corrected chi connectivity index (χ2v) is 5.18. The molecule has 22 heavy (non-hydrogen) atoms. The molecule has 0 saturated heterocycles. The third kappa shape index (κ3) is 6.07. The zero-order valence-electron chi connectivity index (χ0n) is 13.3. The van der Waals surface area contributed by atoms with Crippen molar-refractivity contribution in [2.24, 2.45) is 0 Å². The quantitative estimate of drug-likeness (QED) is 0.727. The van der Waals surface area contributed by atoms with Crippen LogP contribution in [0.25, 0.3) is 0 Å². The normalized spacial score (nSPS) is 10.5. The maximum absolute atomic E-state index is 11.9. The molecule has 0 atom stereocenters. The van der Waals surface area contributed by atoms with Gasteiger partial charge in [0.05, 0.1) is 12.5 Å². The Balaban J connectivity index is 2.55. The van der Waals surface area contributed by atoms with Gasteiger partial charge in [-0.25, -0.2) is 4.68 Å². The van der Waals surface area contributed by atoms with E-state index >= 15 is 0 Å². The molecule has 1 aromatic heterocycles. The summed E-state index contributed by atoms with van der Waals surface area (Å²) in [4.78, 5) is 34.9. The molecule has 1 rings (SSSR count). The third-order valence-corrected chi connectivity index (χ3v) is 2.80. The van der Waals surface area contributed by atoms with E-state index < -0.39 is 5.91 Å². The van der Waals surface area contributed by atoms with E-state index in [1.54, 1.807) is 13.8 Å². The number of esters is 1. The van der Waals surface area contributed by atoms with Crippen LogP contribution in [0.1, 0.15) is 50.5 Å². The molecule has 1 heterocycles. The number of rotatable bonds is 8. The Bertz CT molecular complexity index is 566. The van der Waals surface area contributed by atoms with Crippen molar-refractivity contribution in [1.29, 1.82) is 0 Å². The summed E-state index contributed by atoms with van der Waals surface area (Å²) in [6, 6.07) is 2.71. The number of carbonyl (C=O) groups is 2. The van der Waals surface area contributed by atoms with Crippen LogP contribution in [0.3, 0.4) is 0 Å². The lowest BCUT2D eigenvalue weighted by Crippen LogP contribution is -2.31. The molecule has 0 aromatic carbocycles. The molecule has 7 heteroatoms. The highest BCUT2D eigenvalue weighted by Gasteiger charge is 2.11. The predicted molar refractivity (Wildman–Crippen MR) is 81.6 cm³/mol. The first-order valence-corrected chi connectivity index (χ1v) is 7.50. The molecule has 0 fully saturated rings. The average Bonchev–Trinajstić information content (AvgIpc) is 2.45. The number of unbranched alkanes of at least 4 members (excludes halogenated alkanes) is 1. The molecule has 7 nitrogen and oxygen atoms in total. The molecule has 0 spiro atoms. The van der Waals surface area contributed by atoms with Crippen molar-refractivity contribution >= 4 is 11.9 Å². The van der Waals surface area contributed by atoms with Crippen molar-refractivity contribution in [2.75, 3.05) is 6.54 Å². The highest BCUT2D eigenvalue weighted by atomic mass is 16.5. The minimum Gasteiger partial charge on any atom is -0.463 e. The number of hydrogen-bond acceptors (Lipinski definition) is 5. The van der Waals surface area contributed by atoms with E-state index in [1.807, 2.05) is 6.92 Å². The highest BCUT2D eigenvalue weighted by Crippen LogP contribution is 1.96. The first-order chi connectivity index (χ1) is 10.4. The summed E-state index contributed by atoms with van der Waals surface area (Å²) in [5, 5.41) is 6.62. The molecular weight excluding hydrogens is 286 g/mol. The lowest BCUT2D eigenvalue weighted by molar-refractivity contribution is -0.147. The van der Waals surface area contributed by atoms with Gasteiger partial charge < -0.3 is 10.1 Å². The lowest BCUT2D eigenvalue weighted by atomic mass is 10.3. The summed E-state index contributed by atoms with van der Waals surface area (Å²) in [5.74, 6) is -0.779. The molecular formula is C15H23N3O4. The number of carbonyl (C=O) groups excluding carboxylic acids is 2. The van der Waals surface area contributed by atoms with Gasteiger partial charge in [-0.1, -0.05) is 13.3 Å². The van der Waals surface area contributed by atoms with E-state index in [0.29, 0.717) is 6.54 Å². The molecule has 1 amide bonds. The fourth-order valence-corrected chi connectivity index (χ4v) is 1.73. The Hall–Kier alpha value is -2.18. The SMILES string of the molecule is CCCCn1nc(C(=O)NCCC(=O)OC(C)C)ccc1=O. The van der Waals surface area contributed by atoms with Gasteiger partial charge in [-0.05, 0) is 26.3 Å². The Kier molecular flexibility index (Phi) is 7.28. The van der Waals surface area contributed by atoms with Crippen molar-refractivity contribution in [3.8, 4) is 0 Å². The van der Waals surface area contributed by atoms with Crippen molar-refractivity contribution in [3.63, 3.8) is 0 Å². The number of hydrogen-bond donors (Lipinski definition) is 1. The largest absolute Gasteiger partial charge is 0.463 e. The Morgan fingerprint density at radius 3 is 2.73 bits per heavy atom. The van der Waals surface area contributed by atoms with Crippen LogP contribution in [0.4, 0.5) is 0 Å². The summed E-state index contributed by atoms with van der Waals surface area (Å²) >= 11 is 0. The topological polar surface area (TPSA) is 90.3 Å². The van der Waals surface area contributed by atoms with Crippen molar-refractivity contribution in [2.45, 2.75) is 52.7 Å². The number of nitrogens with one attached hydrogen (secondary N) is 1. The maximum Gasteiger partial charge on any atom is 0.307 e. The van der Waals surface area contributed by atoms with Gasteiger partial charge in [-0.15, -0.1) is 0 Å². The number of aryl methyl sites for hydroxylation is 1. The second-order valence-electron chi connectivity index (χ2n) is 5.18. The van der Waals surface area contributed by atoms with Crippen LogP contribution in [0.15, 0.2) is 16.9 Å². The highest BCUT2D eigenvalue weighted by molar-refractivity contribution is 5.92. The molecule has 122 valence electrons. The monoisotopic (exact) mass is 309 g/mol. The van der Waals surface area contributed by atoms with Crippen LogP contribution in [0, 0.1) is 0 Å². The molecule has 1 N–H and O–H groups in total. The minimum atomic E-state index is -0.414. The molecule has 0 aliphatic rings. The summed E-state index contributed by atoms with van der Waals surface area (Å²) in [5.41, 5.74) is -0.0709. The van der Waals surface area contributed by atoms with Gasteiger partial charge in [-0.3, -0.25) is 14.4 Å². The van der Waals surface area contributed by atoms with Gasteiger partial charge in [-0.2, -0.15) is 5.10 Å². The van der Waals surface area contributed by atoms with E-state index in [9.17, 15) is 14.4 Å². The lowest BCUT2D eigenvalue weighted by Gasteiger charge is -2.09. The first-order valence-electron chi connectivity index (χ1n) is 7.50. The molecule has 0 saturated carbocycles. The van der Waals surface area contributed by atoms with Gasteiger partial charge in [0.25, 0.3) is 11.5 Å². The smallest absolute Gasteiger partial charge is 0.307 e. The summed E-state index contributed by atoms with van der Waals surface area (Å²) in [7, 11) is 0. The standard InChI is InChI=1S/C15H23N3O4/c1-4-5-10-18-13(19)7-6-12(17-18)15(21)16-9-8-14(20)22-11(2)3/h6-7,11H,4-5,8-10H2,1-3H3,(H,16,21). The number of ether oxygens (including phenoxy) is 1. The molecule has 0 bridgehead atoms. The molecule has 1 aromatic rings. The fourth-order valence-electron chi connectivity index (χ4n) is 1.73. The van der Waals surface area contributed by atoms with E-state index in [0.717, 1.165) is 12.8 Å². The number of aromatic nitrogens is 2. The summed E-state index contributed by atoms with van der Waals surface area (Å²) in [6.07, 6.45) is 1.67. The van der Waals surface area contributed by atoms with E-state index in [-0.39, 0.29) is 36.3 Å². The van der Waals surface area contributed by atoms with Crippen molar-refractivity contribution in [3.05, 3.63) is 28.2 Å². The molecule has 0 aliphatic heterocycles. The maximum atomic E-state index is 11.9. The Morgan fingerprint density at radius 2 is 2.09 bits per heavy atom. The summed E-state index contributed by atoms with van der Waals surface area (Å²) in [6.45, 7) is 6.19. The number of amides is 1.